The number of carboxylic acids is 1. The van der Waals surface area contributed by atoms with Crippen molar-refractivity contribution in [3.05, 3.63) is 42.0 Å². The molecule has 6 heteroatoms. The van der Waals surface area contributed by atoms with Gasteiger partial charge in [0.15, 0.2) is 5.78 Å². The van der Waals surface area contributed by atoms with Crippen molar-refractivity contribution in [3.63, 3.8) is 0 Å². The second kappa shape index (κ2) is 5.38. The Hall–Kier alpha value is -2.47. The molecule has 1 aromatic rings. The zero-order valence-electron chi connectivity index (χ0n) is 11.9. The first kappa shape index (κ1) is 14.5. The van der Waals surface area contributed by atoms with E-state index in [-0.39, 0.29) is 5.78 Å². The zero-order chi connectivity index (χ0) is 15.9. The van der Waals surface area contributed by atoms with Crippen molar-refractivity contribution in [1.82, 2.24) is 0 Å². The number of nitrogens with one attached hydrogen (secondary N) is 1. The number of ether oxygens (including phenoxy) is 1. The first-order chi connectivity index (χ1) is 10.5. The normalized spacial score (nSPS) is 28.6. The molecular weight excluding hydrogens is 286 g/mol. The van der Waals surface area contributed by atoms with Gasteiger partial charge in [0.05, 0.1) is 18.1 Å². The van der Waals surface area contributed by atoms with E-state index < -0.39 is 35.9 Å². The molecule has 0 spiro atoms. The SMILES string of the molecule is CC(=O)c1cccc(NC(=O)[C@H]2[C@@H](C(=O)O)[C@H]3C=C[C@H]2O3)c1. The third kappa shape index (κ3) is 2.42. The van der Waals surface area contributed by atoms with Crippen molar-refractivity contribution in [2.24, 2.45) is 11.8 Å². The average Bonchev–Trinajstić information content (AvgIpc) is 3.07. The lowest BCUT2D eigenvalue weighted by molar-refractivity contribution is -0.145. The minimum Gasteiger partial charge on any atom is -0.481 e. The molecule has 4 atom stereocenters. The predicted molar refractivity (Wildman–Crippen MR) is 77.5 cm³/mol. The van der Waals surface area contributed by atoms with E-state index in [2.05, 4.69) is 5.32 Å². The number of hydrogen-bond donors (Lipinski definition) is 2. The molecule has 2 heterocycles. The maximum absolute atomic E-state index is 12.4. The highest BCUT2D eigenvalue weighted by Crippen LogP contribution is 2.39. The van der Waals surface area contributed by atoms with Crippen LogP contribution in [0.2, 0.25) is 0 Å². The van der Waals surface area contributed by atoms with Crippen molar-refractivity contribution in [1.29, 1.82) is 0 Å². The predicted octanol–water partition coefficient (Wildman–Crippen LogP) is 1.48. The average molecular weight is 301 g/mol. The number of carbonyl (C=O) groups is 3. The topological polar surface area (TPSA) is 92.7 Å². The summed E-state index contributed by atoms with van der Waals surface area (Å²) in [7, 11) is 0. The Morgan fingerprint density at radius 3 is 2.45 bits per heavy atom. The van der Waals surface area contributed by atoms with E-state index in [1.54, 1.807) is 36.4 Å². The van der Waals surface area contributed by atoms with Gasteiger partial charge in [0.25, 0.3) is 0 Å². The summed E-state index contributed by atoms with van der Waals surface area (Å²) in [5.74, 6) is -3.22. The molecule has 3 rings (SSSR count). The number of anilines is 1. The number of rotatable bonds is 4. The fourth-order valence-corrected chi connectivity index (χ4v) is 2.96. The van der Waals surface area contributed by atoms with Gasteiger partial charge in [-0.2, -0.15) is 0 Å². The first-order valence-corrected chi connectivity index (χ1v) is 6.96. The van der Waals surface area contributed by atoms with Crippen LogP contribution in [0, 0.1) is 11.8 Å². The van der Waals surface area contributed by atoms with E-state index >= 15 is 0 Å². The van der Waals surface area contributed by atoms with Crippen molar-refractivity contribution < 1.29 is 24.2 Å². The molecule has 1 amide bonds. The van der Waals surface area contributed by atoms with Gasteiger partial charge in [-0.15, -0.1) is 0 Å². The van der Waals surface area contributed by atoms with Gasteiger partial charge in [0, 0.05) is 11.3 Å². The highest BCUT2D eigenvalue weighted by molar-refractivity contribution is 5.99. The Labute approximate surface area is 126 Å². The summed E-state index contributed by atoms with van der Waals surface area (Å²) in [6, 6.07) is 6.55. The van der Waals surface area contributed by atoms with Gasteiger partial charge in [-0.25, -0.2) is 0 Å². The summed E-state index contributed by atoms with van der Waals surface area (Å²) in [5, 5.41) is 12.0. The molecule has 0 aliphatic carbocycles. The van der Waals surface area contributed by atoms with Crippen molar-refractivity contribution in [2.75, 3.05) is 5.32 Å². The number of carbonyl (C=O) groups excluding carboxylic acids is 2. The van der Waals surface area contributed by atoms with Crippen LogP contribution in [0.3, 0.4) is 0 Å². The minimum absolute atomic E-state index is 0.106. The molecule has 2 aliphatic heterocycles. The van der Waals surface area contributed by atoms with Crippen LogP contribution in [0.25, 0.3) is 0 Å². The Morgan fingerprint density at radius 1 is 1.14 bits per heavy atom. The lowest BCUT2D eigenvalue weighted by Gasteiger charge is -2.21. The van der Waals surface area contributed by atoms with Gasteiger partial charge in [0.2, 0.25) is 5.91 Å². The van der Waals surface area contributed by atoms with E-state index in [1.165, 1.54) is 6.92 Å². The summed E-state index contributed by atoms with van der Waals surface area (Å²) >= 11 is 0. The number of amides is 1. The van der Waals surface area contributed by atoms with Crippen molar-refractivity contribution in [2.45, 2.75) is 19.1 Å². The summed E-state index contributed by atoms with van der Waals surface area (Å²) < 4.78 is 5.47. The van der Waals surface area contributed by atoms with E-state index in [9.17, 15) is 19.5 Å². The van der Waals surface area contributed by atoms with Gasteiger partial charge in [-0.05, 0) is 19.1 Å². The van der Waals surface area contributed by atoms with Crippen LogP contribution in [-0.4, -0.2) is 35.0 Å². The summed E-state index contributed by atoms with van der Waals surface area (Å²) in [6.07, 6.45) is 2.34. The van der Waals surface area contributed by atoms with Gasteiger partial charge >= 0.3 is 5.97 Å². The van der Waals surface area contributed by atoms with E-state index in [4.69, 9.17) is 4.74 Å². The lowest BCUT2D eigenvalue weighted by Crippen LogP contribution is -2.39. The van der Waals surface area contributed by atoms with Crippen molar-refractivity contribution in [3.8, 4) is 0 Å². The monoisotopic (exact) mass is 301 g/mol. The number of carboxylic acid groups (broad SMARTS) is 1. The zero-order valence-corrected chi connectivity index (χ0v) is 11.9. The van der Waals surface area contributed by atoms with Crippen LogP contribution >= 0.6 is 0 Å². The third-order valence-corrected chi connectivity index (χ3v) is 4.02. The van der Waals surface area contributed by atoms with E-state index in [0.29, 0.717) is 11.3 Å². The molecule has 0 radical (unpaired) electrons. The molecule has 1 aromatic carbocycles. The summed E-state index contributed by atoms with van der Waals surface area (Å²) in [6.45, 7) is 1.44. The molecule has 2 N–H and O–H groups in total. The van der Waals surface area contributed by atoms with E-state index in [1.807, 2.05) is 0 Å². The highest BCUT2D eigenvalue weighted by atomic mass is 16.5. The molecular formula is C16H15NO5. The van der Waals surface area contributed by atoms with Crippen LogP contribution < -0.4 is 5.32 Å². The first-order valence-electron chi connectivity index (χ1n) is 6.96. The quantitative estimate of drug-likeness (QED) is 0.649. The standard InChI is InChI=1S/C16H15NO5/c1-8(18)9-3-2-4-10(7-9)17-15(19)13-11-5-6-12(22-11)14(13)16(20)21/h2-7,11-14H,1H3,(H,17,19)(H,20,21)/t11-,12-,13-,14+/m1/s1. The second-order valence-corrected chi connectivity index (χ2v) is 5.47. The summed E-state index contributed by atoms with van der Waals surface area (Å²) in [4.78, 5) is 35.2. The van der Waals surface area contributed by atoms with Crippen LogP contribution in [0.5, 0.6) is 0 Å². The van der Waals surface area contributed by atoms with Gasteiger partial charge in [-0.1, -0.05) is 24.3 Å². The molecule has 1 fully saturated rings. The largest absolute Gasteiger partial charge is 0.481 e. The minimum atomic E-state index is -1.05. The molecule has 1 saturated heterocycles. The van der Waals surface area contributed by atoms with Crippen molar-refractivity contribution >= 4 is 23.3 Å². The summed E-state index contributed by atoms with van der Waals surface area (Å²) in [5.41, 5.74) is 0.949. The Bertz CT molecular complexity index is 681. The smallest absolute Gasteiger partial charge is 0.310 e. The van der Waals surface area contributed by atoms with Crippen LogP contribution in [0.15, 0.2) is 36.4 Å². The van der Waals surface area contributed by atoms with Crippen LogP contribution in [-0.2, 0) is 14.3 Å². The van der Waals surface area contributed by atoms with E-state index in [0.717, 1.165) is 0 Å². The number of benzene rings is 1. The second-order valence-electron chi connectivity index (χ2n) is 5.47. The molecule has 22 heavy (non-hydrogen) atoms. The Balaban J connectivity index is 1.80. The lowest BCUT2D eigenvalue weighted by atomic mass is 9.82. The molecule has 0 unspecified atom stereocenters. The molecule has 0 saturated carbocycles. The van der Waals surface area contributed by atoms with Crippen LogP contribution in [0.1, 0.15) is 17.3 Å². The number of aliphatic carboxylic acids is 1. The molecule has 6 nitrogen and oxygen atoms in total. The Kier molecular flexibility index (Phi) is 3.54. The molecule has 2 aliphatic rings. The molecule has 0 aromatic heterocycles. The number of ketones is 1. The Morgan fingerprint density at radius 2 is 1.82 bits per heavy atom. The van der Waals surface area contributed by atoms with Crippen LogP contribution in [0.4, 0.5) is 5.69 Å². The number of fused-ring (bicyclic) bond motifs is 2. The van der Waals surface area contributed by atoms with Gasteiger partial charge in [0.1, 0.15) is 5.92 Å². The number of hydrogen-bond acceptors (Lipinski definition) is 4. The highest BCUT2D eigenvalue weighted by Gasteiger charge is 2.53. The third-order valence-electron chi connectivity index (χ3n) is 4.02. The molecule has 2 bridgehead atoms. The number of Topliss-reactive ketones (excluding diaryl/α,β-unsaturated/α-hetero) is 1. The fourth-order valence-electron chi connectivity index (χ4n) is 2.96. The maximum atomic E-state index is 12.4. The van der Waals surface area contributed by atoms with Gasteiger partial charge in [-0.3, -0.25) is 14.4 Å². The maximum Gasteiger partial charge on any atom is 0.310 e. The van der Waals surface area contributed by atoms with Gasteiger partial charge < -0.3 is 15.2 Å². The fraction of sp³-hybridized carbons (Fsp3) is 0.312. The molecule has 114 valence electrons.